The lowest BCUT2D eigenvalue weighted by atomic mass is 10.1. The minimum Gasteiger partial charge on any atom is -0.352 e. The summed E-state index contributed by atoms with van der Waals surface area (Å²) in [6.07, 6.45) is 0.837. The Bertz CT molecular complexity index is 524. The van der Waals surface area contributed by atoms with E-state index in [1.165, 1.54) is 18.2 Å². The molecule has 0 saturated carbocycles. The maximum Gasteiger partial charge on any atom is 0.252 e. The van der Waals surface area contributed by atoms with Crippen molar-refractivity contribution in [1.29, 1.82) is 0 Å². The summed E-state index contributed by atoms with van der Waals surface area (Å²) < 4.78 is 22.7. The van der Waals surface area contributed by atoms with Gasteiger partial charge in [-0.05, 0) is 24.5 Å². The van der Waals surface area contributed by atoms with E-state index in [2.05, 4.69) is 5.32 Å². The molecule has 0 fully saturated rings. The van der Waals surface area contributed by atoms with E-state index < -0.39 is 15.9 Å². The van der Waals surface area contributed by atoms with Crippen LogP contribution in [0.1, 0.15) is 30.6 Å². The van der Waals surface area contributed by atoms with Gasteiger partial charge in [-0.15, -0.1) is 0 Å². The van der Waals surface area contributed by atoms with Gasteiger partial charge in [-0.25, -0.2) is 13.6 Å². The van der Waals surface area contributed by atoms with Crippen molar-refractivity contribution in [2.24, 2.45) is 11.1 Å². The fourth-order valence-corrected chi connectivity index (χ4v) is 2.21. The van der Waals surface area contributed by atoms with Crippen LogP contribution in [0.2, 0.25) is 0 Å². The average molecular weight is 270 g/mol. The Labute approximate surface area is 107 Å². The van der Waals surface area contributed by atoms with Crippen LogP contribution in [-0.4, -0.2) is 20.9 Å². The molecule has 0 spiro atoms. The summed E-state index contributed by atoms with van der Waals surface area (Å²) in [7, 11) is -3.88. The summed E-state index contributed by atoms with van der Waals surface area (Å²) >= 11 is 0. The van der Waals surface area contributed by atoms with Crippen molar-refractivity contribution in [3.63, 3.8) is 0 Å². The SMILES string of the molecule is CC(C)CCNC(=O)c1ccccc1S(N)(=O)=O. The van der Waals surface area contributed by atoms with Crippen molar-refractivity contribution in [1.82, 2.24) is 5.32 Å². The largest absolute Gasteiger partial charge is 0.352 e. The van der Waals surface area contributed by atoms with Crippen molar-refractivity contribution in [3.8, 4) is 0 Å². The summed E-state index contributed by atoms with van der Waals surface area (Å²) in [6, 6.07) is 5.91. The van der Waals surface area contributed by atoms with Crippen LogP contribution >= 0.6 is 0 Å². The normalized spacial score (nSPS) is 11.6. The molecular weight excluding hydrogens is 252 g/mol. The monoisotopic (exact) mass is 270 g/mol. The molecule has 0 heterocycles. The fourth-order valence-electron chi connectivity index (χ4n) is 1.47. The first-order valence-corrected chi connectivity index (χ1v) is 7.27. The Kier molecular flexibility index (Phi) is 4.86. The lowest BCUT2D eigenvalue weighted by Gasteiger charge is -2.09. The van der Waals surface area contributed by atoms with Gasteiger partial charge in [0.25, 0.3) is 5.91 Å². The van der Waals surface area contributed by atoms with Gasteiger partial charge in [0.2, 0.25) is 10.0 Å². The van der Waals surface area contributed by atoms with E-state index in [1.807, 2.05) is 13.8 Å². The predicted molar refractivity (Wildman–Crippen MR) is 69.6 cm³/mol. The van der Waals surface area contributed by atoms with Crippen LogP contribution in [0, 0.1) is 5.92 Å². The fraction of sp³-hybridized carbons (Fsp3) is 0.417. The zero-order chi connectivity index (χ0) is 13.8. The summed E-state index contributed by atoms with van der Waals surface area (Å²) in [5, 5.41) is 7.75. The summed E-state index contributed by atoms with van der Waals surface area (Å²) in [5.41, 5.74) is 0.0868. The molecule has 6 heteroatoms. The molecule has 0 atom stereocenters. The van der Waals surface area contributed by atoms with E-state index in [0.29, 0.717) is 12.5 Å². The summed E-state index contributed by atoms with van der Waals surface area (Å²) in [6.45, 7) is 4.60. The highest BCUT2D eigenvalue weighted by Gasteiger charge is 2.18. The van der Waals surface area contributed by atoms with Crippen molar-refractivity contribution in [3.05, 3.63) is 29.8 Å². The van der Waals surface area contributed by atoms with Crippen LogP contribution in [0.15, 0.2) is 29.2 Å². The number of amides is 1. The molecule has 1 rings (SSSR count). The van der Waals surface area contributed by atoms with Crippen molar-refractivity contribution in [2.75, 3.05) is 6.54 Å². The molecule has 0 unspecified atom stereocenters. The van der Waals surface area contributed by atoms with Crippen LogP contribution in [0.5, 0.6) is 0 Å². The highest BCUT2D eigenvalue weighted by Crippen LogP contribution is 2.13. The number of hydrogen-bond donors (Lipinski definition) is 2. The van der Waals surface area contributed by atoms with Crippen molar-refractivity contribution in [2.45, 2.75) is 25.2 Å². The van der Waals surface area contributed by atoms with Crippen LogP contribution in [-0.2, 0) is 10.0 Å². The van der Waals surface area contributed by atoms with Gasteiger partial charge < -0.3 is 5.32 Å². The first-order chi connectivity index (χ1) is 8.32. The third kappa shape index (κ3) is 4.12. The number of nitrogens with two attached hydrogens (primary N) is 1. The first kappa shape index (κ1) is 14.7. The second-order valence-electron chi connectivity index (χ2n) is 4.48. The molecule has 0 radical (unpaired) electrons. The third-order valence-corrected chi connectivity index (χ3v) is 3.41. The molecule has 3 N–H and O–H groups in total. The third-order valence-electron chi connectivity index (χ3n) is 2.45. The maximum atomic E-state index is 11.9. The molecule has 5 nitrogen and oxygen atoms in total. The second-order valence-corrected chi connectivity index (χ2v) is 6.01. The Morgan fingerprint density at radius 1 is 1.33 bits per heavy atom. The van der Waals surface area contributed by atoms with Crippen molar-refractivity contribution < 1.29 is 13.2 Å². The number of primary sulfonamides is 1. The van der Waals surface area contributed by atoms with Gasteiger partial charge in [0.1, 0.15) is 0 Å². The van der Waals surface area contributed by atoms with E-state index in [9.17, 15) is 13.2 Å². The zero-order valence-corrected chi connectivity index (χ0v) is 11.3. The number of hydrogen-bond acceptors (Lipinski definition) is 3. The van der Waals surface area contributed by atoms with E-state index in [1.54, 1.807) is 6.07 Å². The molecule has 0 aliphatic heterocycles. The van der Waals surface area contributed by atoms with Crippen LogP contribution < -0.4 is 10.5 Å². The lowest BCUT2D eigenvalue weighted by molar-refractivity contribution is 0.0948. The first-order valence-electron chi connectivity index (χ1n) is 5.72. The predicted octanol–water partition coefficient (Wildman–Crippen LogP) is 1.11. The minimum absolute atomic E-state index is 0.0868. The van der Waals surface area contributed by atoms with Gasteiger partial charge in [-0.2, -0.15) is 0 Å². The number of sulfonamides is 1. The molecule has 1 aromatic rings. The number of carbonyl (C=O) groups is 1. The average Bonchev–Trinajstić information content (AvgIpc) is 2.27. The van der Waals surface area contributed by atoms with E-state index in [-0.39, 0.29) is 10.5 Å². The molecule has 0 aliphatic carbocycles. The Balaban J connectivity index is 2.87. The quantitative estimate of drug-likeness (QED) is 0.840. The lowest BCUT2D eigenvalue weighted by Crippen LogP contribution is -2.28. The maximum absolute atomic E-state index is 11.9. The summed E-state index contributed by atoms with van der Waals surface area (Å²) in [4.78, 5) is 11.7. The molecule has 0 saturated heterocycles. The highest BCUT2D eigenvalue weighted by molar-refractivity contribution is 7.89. The minimum atomic E-state index is -3.88. The molecule has 0 aromatic heterocycles. The highest BCUT2D eigenvalue weighted by atomic mass is 32.2. The Morgan fingerprint density at radius 2 is 1.94 bits per heavy atom. The standard InChI is InChI=1S/C12H18N2O3S/c1-9(2)7-8-14-12(15)10-5-3-4-6-11(10)18(13,16)17/h3-6,9H,7-8H2,1-2H3,(H,14,15)(H2,13,16,17). The van der Waals surface area contributed by atoms with Crippen LogP contribution in [0.3, 0.4) is 0 Å². The van der Waals surface area contributed by atoms with Gasteiger partial charge in [0, 0.05) is 6.54 Å². The molecule has 100 valence electrons. The van der Waals surface area contributed by atoms with Gasteiger partial charge >= 0.3 is 0 Å². The van der Waals surface area contributed by atoms with Crippen LogP contribution in [0.25, 0.3) is 0 Å². The van der Waals surface area contributed by atoms with E-state index in [0.717, 1.165) is 6.42 Å². The van der Waals surface area contributed by atoms with E-state index >= 15 is 0 Å². The molecule has 0 aliphatic rings. The van der Waals surface area contributed by atoms with Gasteiger partial charge in [0.05, 0.1) is 10.5 Å². The van der Waals surface area contributed by atoms with E-state index in [4.69, 9.17) is 5.14 Å². The van der Waals surface area contributed by atoms with Crippen LogP contribution in [0.4, 0.5) is 0 Å². The van der Waals surface area contributed by atoms with Gasteiger partial charge in [-0.1, -0.05) is 26.0 Å². The van der Waals surface area contributed by atoms with Gasteiger partial charge in [0.15, 0.2) is 0 Å². The molecule has 1 amide bonds. The topological polar surface area (TPSA) is 89.3 Å². The molecule has 1 aromatic carbocycles. The summed E-state index contributed by atoms with van der Waals surface area (Å²) in [5.74, 6) is 0.0547. The Morgan fingerprint density at radius 3 is 2.50 bits per heavy atom. The second kappa shape index (κ2) is 5.97. The zero-order valence-electron chi connectivity index (χ0n) is 10.5. The van der Waals surface area contributed by atoms with Gasteiger partial charge in [-0.3, -0.25) is 4.79 Å². The number of rotatable bonds is 5. The van der Waals surface area contributed by atoms with Crippen molar-refractivity contribution >= 4 is 15.9 Å². The molecule has 0 bridgehead atoms. The Hall–Kier alpha value is -1.40. The number of benzene rings is 1. The molecular formula is C12H18N2O3S. The number of nitrogens with one attached hydrogen (secondary N) is 1. The molecule has 18 heavy (non-hydrogen) atoms. The number of carbonyl (C=O) groups excluding carboxylic acids is 1. The smallest absolute Gasteiger partial charge is 0.252 e.